The standard InChI is InChI=1S/C20H23N3O3/c1-14(24)19(21)20(26)22-11-12-23(18(25)13-22)17-10-6-5-9-16(17)15-7-3-2-4-8-15/h2-10,14,19,24H,11-13,21H2,1H3/t14-,19+/m1/s1. The minimum Gasteiger partial charge on any atom is -0.391 e. The molecule has 0 unspecified atom stereocenters. The lowest BCUT2D eigenvalue weighted by Crippen LogP contribution is -2.57. The van der Waals surface area contributed by atoms with E-state index in [9.17, 15) is 14.7 Å². The third kappa shape index (κ3) is 3.61. The fourth-order valence-corrected chi connectivity index (χ4v) is 3.10. The number of anilines is 1. The Hall–Kier alpha value is -2.70. The number of nitrogens with zero attached hydrogens (tertiary/aromatic N) is 2. The van der Waals surface area contributed by atoms with Crippen molar-refractivity contribution in [2.45, 2.75) is 19.1 Å². The molecule has 0 aromatic heterocycles. The second-order valence-corrected chi connectivity index (χ2v) is 6.45. The van der Waals surface area contributed by atoms with Crippen LogP contribution in [-0.2, 0) is 9.59 Å². The van der Waals surface area contributed by atoms with Gasteiger partial charge in [0, 0.05) is 18.7 Å². The molecule has 2 atom stereocenters. The van der Waals surface area contributed by atoms with Crippen molar-refractivity contribution in [1.82, 2.24) is 4.90 Å². The van der Waals surface area contributed by atoms with Gasteiger partial charge < -0.3 is 20.6 Å². The number of para-hydroxylation sites is 1. The van der Waals surface area contributed by atoms with Gasteiger partial charge in [-0.25, -0.2) is 0 Å². The van der Waals surface area contributed by atoms with Crippen molar-refractivity contribution >= 4 is 17.5 Å². The molecule has 3 N–H and O–H groups in total. The highest BCUT2D eigenvalue weighted by atomic mass is 16.3. The zero-order valence-electron chi connectivity index (χ0n) is 14.7. The summed E-state index contributed by atoms with van der Waals surface area (Å²) >= 11 is 0. The van der Waals surface area contributed by atoms with Gasteiger partial charge >= 0.3 is 0 Å². The molecule has 136 valence electrons. The van der Waals surface area contributed by atoms with Crippen LogP contribution in [0, 0.1) is 0 Å². The number of aliphatic hydroxyl groups is 1. The molecule has 6 heteroatoms. The van der Waals surface area contributed by atoms with Crippen molar-refractivity contribution in [3.8, 4) is 11.1 Å². The van der Waals surface area contributed by atoms with Crippen molar-refractivity contribution in [3.05, 3.63) is 54.6 Å². The number of hydrogen-bond acceptors (Lipinski definition) is 4. The lowest BCUT2D eigenvalue weighted by atomic mass is 10.0. The number of amides is 2. The molecule has 1 aliphatic heterocycles. The number of rotatable bonds is 4. The molecular formula is C20H23N3O3. The van der Waals surface area contributed by atoms with E-state index in [1.54, 1.807) is 4.90 Å². The number of nitrogens with two attached hydrogens (primary N) is 1. The van der Waals surface area contributed by atoms with Crippen LogP contribution in [0.3, 0.4) is 0 Å². The monoisotopic (exact) mass is 353 g/mol. The van der Waals surface area contributed by atoms with Crippen LogP contribution in [0.2, 0.25) is 0 Å². The van der Waals surface area contributed by atoms with Gasteiger partial charge in [-0.2, -0.15) is 0 Å². The van der Waals surface area contributed by atoms with Crippen LogP contribution in [0.4, 0.5) is 5.69 Å². The van der Waals surface area contributed by atoms with E-state index in [-0.39, 0.29) is 12.5 Å². The number of carbonyl (C=O) groups is 2. The Balaban J connectivity index is 1.81. The molecular weight excluding hydrogens is 330 g/mol. The van der Waals surface area contributed by atoms with Crippen LogP contribution >= 0.6 is 0 Å². The van der Waals surface area contributed by atoms with E-state index in [1.807, 2.05) is 54.6 Å². The molecule has 26 heavy (non-hydrogen) atoms. The Labute approximate surface area is 152 Å². The Morgan fingerprint density at radius 1 is 1.08 bits per heavy atom. The molecule has 1 saturated heterocycles. The van der Waals surface area contributed by atoms with Crippen LogP contribution in [0.25, 0.3) is 11.1 Å². The van der Waals surface area contributed by atoms with Gasteiger partial charge in [-0.15, -0.1) is 0 Å². The highest BCUT2D eigenvalue weighted by Crippen LogP contribution is 2.31. The first-order valence-electron chi connectivity index (χ1n) is 8.66. The summed E-state index contributed by atoms with van der Waals surface area (Å²) < 4.78 is 0. The number of carbonyl (C=O) groups excluding carboxylic acids is 2. The summed E-state index contributed by atoms with van der Waals surface area (Å²) in [5.41, 5.74) is 8.55. The molecule has 1 aliphatic rings. The minimum absolute atomic E-state index is 0.0393. The average molecular weight is 353 g/mol. The quantitative estimate of drug-likeness (QED) is 0.866. The smallest absolute Gasteiger partial charge is 0.246 e. The zero-order valence-corrected chi connectivity index (χ0v) is 14.7. The summed E-state index contributed by atoms with van der Waals surface area (Å²) in [6.07, 6.45) is -0.950. The normalized spacial score (nSPS) is 17.1. The van der Waals surface area contributed by atoms with E-state index in [4.69, 9.17) is 5.73 Å². The molecule has 0 bridgehead atoms. The van der Waals surface area contributed by atoms with E-state index < -0.39 is 18.1 Å². The Kier molecular flexibility index (Phi) is 5.35. The average Bonchev–Trinajstić information content (AvgIpc) is 2.67. The maximum atomic E-state index is 12.7. The highest BCUT2D eigenvalue weighted by Gasteiger charge is 2.32. The minimum atomic E-state index is -1.01. The molecule has 3 rings (SSSR count). The number of piperazine rings is 1. The van der Waals surface area contributed by atoms with Gasteiger partial charge in [-0.3, -0.25) is 9.59 Å². The molecule has 1 heterocycles. The fraction of sp³-hybridized carbons (Fsp3) is 0.300. The Morgan fingerprint density at radius 3 is 2.38 bits per heavy atom. The lowest BCUT2D eigenvalue weighted by Gasteiger charge is -2.36. The second-order valence-electron chi connectivity index (χ2n) is 6.45. The van der Waals surface area contributed by atoms with Crippen molar-refractivity contribution in [2.24, 2.45) is 5.73 Å². The summed E-state index contributed by atoms with van der Waals surface area (Å²) in [7, 11) is 0. The van der Waals surface area contributed by atoms with E-state index in [2.05, 4.69) is 0 Å². The topological polar surface area (TPSA) is 86.9 Å². The fourth-order valence-electron chi connectivity index (χ4n) is 3.10. The molecule has 2 aromatic rings. The molecule has 0 aliphatic carbocycles. The van der Waals surface area contributed by atoms with Gasteiger partial charge in [0.2, 0.25) is 11.8 Å². The largest absolute Gasteiger partial charge is 0.391 e. The van der Waals surface area contributed by atoms with Gasteiger partial charge in [-0.05, 0) is 18.6 Å². The van der Waals surface area contributed by atoms with Crippen LogP contribution < -0.4 is 10.6 Å². The third-order valence-electron chi connectivity index (χ3n) is 4.62. The van der Waals surface area contributed by atoms with Gasteiger partial charge in [-0.1, -0.05) is 48.5 Å². The summed E-state index contributed by atoms with van der Waals surface area (Å²) in [4.78, 5) is 28.1. The van der Waals surface area contributed by atoms with Crippen LogP contribution in [0.1, 0.15) is 6.92 Å². The van der Waals surface area contributed by atoms with Crippen LogP contribution in [-0.4, -0.2) is 53.6 Å². The first-order valence-corrected chi connectivity index (χ1v) is 8.66. The highest BCUT2D eigenvalue weighted by molar-refractivity contribution is 6.01. The van der Waals surface area contributed by atoms with Crippen molar-refractivity contribution < 1.29 is 14.7 Å². The molecule has 2 amide bonds. The summed E-state index contributed by atoms with van der Waals surface area (Å²) in [6.45, 7) is 2.20. The van der Waals surface area contributed by atoms with Crippen molar-refractivity contribution in [1.29, 1.82) is 0 Å². The number of aliphatic hydroxyl groups excluding tert-OH is 1. The van der Waals surface area contributed by atoms with E-state index in [1.165, 1.54) is 11.8 Å². The van der Waals surface area contributed by atoms with Crippen molar-refractivity contribution in [3.63, 3.8) is 0 Å². The third-order valence-corrected chi connectivity index (χ3v) is 4.62. The zero-order chi connectivity index (χ0) is 18.7. The summed E-state index contributed by atoms with van der Waals surface area (Å²) in [5.74, 6) is -0.560. The lowest BCUT2D eigenvalue weighted by molar-refractivity contribution is -0.139. The maximum Gasteiger partial charge on any atom is 0.246 e. The summed E-state index contributed by atoms with van der Waals surface area (Å²) in [5, 5.41) is 9.51. The number of benzene rings is 2. The first kappa shape index (κ1) is 18.1. The molecule has 0 saturated carbocycles. The van der Waals surface area contributed by atoms with E-state index >= 15 is 0 Å². The van der Waals surface area contributed by atoms with Gasteiger partial charge in [0.25, 0.3) is 0 Å². The predicted octanol–water partition coefficient (Wildman–Crippen LogP) is 1.24. The Morgan fingerprint density at radius 2 is 1.73 bits per heavy atom. The molecule has 0 radical (unpaired) electrons. The molecule has 0 spiro atoms. The van der Waals surface area contributed by atoms with Gasteiger partial charge in [0.1, 0.15) is 12.6 Å². The predicted molar refractivity (Wildman–Crippen MR) is 100 cm³/mol. The van der Waals surface area contributed by atoms with Gasteiger partial charge in [0.15, 0.2) is 0 Å². The van der Waals surface area contributed by atoms with Crippen LogP contribution in [0.15, 0.2) is 54.6 Å². The first-order chi connectivity index (χ1) is 12.5. The second kappa shape index (κ2) is 7.68. The Bertz CT molecular complexity index is 792. The van der Waals surface area contributed by atoms with Gasteiger partial charge in [0.05, 0.1) is 11.8 Å². The summed E-state index contributed by atoms with van der Waals surface area (Å²) in [6, 6.07) is 16.6. The SMILES string of the molecule is C[C@@H](O)[C@H](N)C(=O)N1CCN(c2ccccc2-c2ccccc2)C(=O)C1. The molecule has 1 fully saturated rings. The van der Waals surface area contributed by atoms with Crippen molar-refractivity contribution in [2.75, 3.05) is 24.5 Å². The van der Waals surface area contributed by atoms with E-state index in [0.29, 0.717) is 13.1 Å². The molecule has 2 aromatic carbocycles. The maximum absolute atomic E-state index is 12.7. The molecule has 6 nitrogen and oxygen atoms in total. The van der Waals surface area contributed by atoms with E-state index in [0.717, 1.165) is 16.8 Å². The number of hydrogen-bond donors (Lipinski definition) is 2. The van der Waals surface area contributed by atoms with Crippen LogP contribution in [0.5, 0.6) is 0 Å².